The van der Waals surface area contributed by atoms with Gasteiger partial charge in [0.05, 0.1) is 12.7 Å². The van der Waals surface area contributed by atoms with E-state index in [2.05, 4.69) is 27.8 Å². The molecule has 0 amide bonds. The monoisotopic (exact) mass is 421 g/mol. The maximum absolute atomic E-state index is 5.62. The van der Waals surface area contributed by atoms with Gasteiger partial charge in [-0.15, -0.1) is 24.0 Å². The number of benzene rings is 1. The van der Waals surface area contributed by atoms with Gasteiger partial charge in [-0.3, -0.25) is 4.99 Å². The summed E-state index contributed by atoms with van der Waals surface area (Å²) in [5.41, 5.74) is 1.18. The standard InChI is InChI=1S/C16H27N3O2.HI/c1-5-20-11-10-18-16(17-4)19-12-14-6-8-15(9-7-14)21-13(2)3;/h6-9,13H,5,10-12H2,1-4H3,(H2,17,18,19);1H. The molecule has 6 heteroatoms. The Labute approximate surface area is 150 Å². The first-order chi connectivity index (χ1) is 10.2. The summed E-state index contributed by atoms with van der Waals surface area (Å²) in [5, 5.41) is 6.47. The SMILES string of the molecule is CCOCCNC(=NC)NCc1ccc(OC(C)C)cc1.I. The van der Waals surface area contributed by atoms with Crippen molar-refractivity contribution in [1.29, 1.82) is 0 Å². The fourth-order valence-corrected chi connectivity index (χ4v) is 1.75. The minimum Gasteiger partial charge on any atom is -0.491 e. The van der Waals surface area contributed by atoms with Crippen molar-refractivity contribution in [3.8, 4) is 5.75 Å². The van der Waals surface area contributed by atoms with Gasteiger partial charge in [-0.2, -0.15) is 0 Å². The van der Waals surface area contributed by atoms with E-state index in [0.717, 1.165) is 31.4 Å². The Balaban J connectivity index is 0.00000441. The number of rotatable bonds is 8. The third-order valence-corrected chi connectivity index (χ3v) is 2.72. The van der Waals surface area contributed by atoms with Crippen LogP contribution in [0.4, 0.5) is 0 Å². The Morgan fingerprint density at radius 2 is 1.86 bits per heavy atom. The molecule has 2 N–H and O–H groups in total. The molecule has 0 bridgehead atoms. The number of guanidine groups is 1. The molecule has 0 aliphatic rings. The Morgan fingerprint density at radius 3 is 2.41 bits per heavy atom. The largest absolute Gasteiger partial charge is 0.491 e. The van der Waals surface area contributed by atoms with Crippen molar-refractivity contribution in [3.05, 3.63) is 29.8 Å². The second-order valence-corrected chi connectivity index (χ2v) is 4.86. The molecule has 1 aromatic rings. The summed E-state index contributed by atoms with van der Waals surface area (Å²) < 4.78 is 10.9. The third-order valence-electron chi connectivity index (χ3n) is 2.72. The summed E-state index contributed by atoms with van der Waals surface area (Å²) in [6.07, 6.45) is 0.197. The molecule has 0 saturated heterocycles. The normalized spacial score (nSPS) is 11.0. The van der Waals surface area contributed by atoms with E-state index in [1.807, 2.05) is 32.9 Å². The van der Waals surface area contributed by atoms with E-state index in [0.29, 0.717) is 6.61 Å². The minimum absolute atomic E-state index is 0. The highest BCUT2D eigenvalue weighted by Crippen LogP contribution is 2.13. The number of aliphatic imine (C=N–C) groups is 1. The zero-order valence-electron chi connectivity index (χ0n) is 13.9. The molecule has 0 spiro atoms. The molecule has 0 aliphatic heterocycles. The molecule has 5 nitrogen and oxygen atoms in total. The molecular weight excluding hydrogens is 393 g/mol. The van der Waals surface area contributed by atoms with Crippen LogP contribution in [-0.4, -0.2) is 38.9 Å². The highest BCUT2D eigenvalue weighted by Gasteiger charge is 2.00. The molecule has 1 rings (SSSR count). The second-order valence-electron chi connectivity index (χ2n) is 4.86. The first-order valence-corrected chi connectivity index (χ1v) is 7.43. The third kappa shape index (κ3) is 9.09. The Bertz CT molecular complexity index is 422. The van der Waals surface area contributed by atoms with Gasteiger partial charge in [0.25, 0.3) is 0 Å². The first kappa shape index (κ1) is 21.0. The van der Waals surface area contributed by atoms with Gasteiger partial charge < -0.3 is 20.1 Å². The minimum atomic E-state index is 0. The fraction of sp³-hybridized carbons (Fsp3) is 0.562. The molecule has 0 heterocycles. The predicted molar refractivity (Wildman–Crippen MR) is 102 cm³/mol. The van der Waals surface area contributed by atoms with Crippen molar-refractivity contribution in [2.45, 2.75) is 33.4 Å². The predicted octanol–water partition coefficient (Wildman–Crippen LogP) is 2.79. The van der Waals surface area contributed by atoms with Crippen LogP contribution in [0.25, 0.3) is 0 Å². The van der Waals surface area contributed by atoms with Crippen molar-refractivity contribution < 1.29 is 9.47 Å². The first-order valence-electron chi connectivity index (χ1n) is 7.43. The van der Waals surface area contributed by atoms with Crippen LogP contribution in [-0.2, 0) is 11.3 Å². The van der Waals surface area contributed by atoms with E-state index in [9.17, 15) is 0 Å². The molecule has 0 fully saturated rings. The van der Waals surface area contributed by atoms with E-state index < -0.39 is 0 Å². The van der Waals surface area contributed by atoms with Crippen LogP contribution in [0, 0.1) is 0 Å². The lowest BCUT2D eigenvalue weighted by Gasteiger charge is -2.13. The van der Waals surface area contributed by atoms with Crippen LogP contribution in [0.5, 0.6) is 5.75 Å². The average Bonchev–Trinajstić information content (AvgIpc) is 2.47. The van der Waals surface area contributed by atoms with Crippen molar-refractivity contribution in [1.82, 2.24) is 10.6 Å². The molecule has 0 aromatic heterocycles. The van der Waals surface area contributed by atoms with Crippen LogP contribution in [0.3, 0.4) is 0 Å². The number of ether oxygens (including phenoxy) is 2. The molecule has 0 unspecified atom stereocenters. The molecule has 0 aliphatic carbocycles. The average molecular weight is 421 g/mol. The van der Waals surface area contributed by atoms with Gasteiger partial charge in [-0.1, -0.05) is 12.1 Å². The van der Waals surface area contributed by atoms with Gasteiger partial charge in [-0.25, -0.2) is 0 Å². The lowest BCUT2D eigenvalue weighted by atomic mass is 10.2. The number of halogens is 1. The summed E-state index contributed by atoms with van der Waals surface area (Å²) in [6.45, 7) is 8.91. The quantitative estimate of drug-likeness (QED) is 0.294. The molecule has 22 heavy (non-hydrogen) atoms. The second kappa shape index (κ2) is 12.5. The zero-order valence-corrected chi connectivity index (χ0v) is 16.2. The molecule has 0 radical (unpaired) electrons. The van der Waals surface area contributed by atoms with Crippen LogP contribution < -0.4 is 15.4 Å². The Kier molecular flexibility index (Phi) is 11.9. The summed E-state index contributed by atoms with van der Waals surface area (Å²) in [7, 11) is 1.76. The van der Waals surface area contributed by atoms with Crippen LogP contribution in [0.15, 0.2) is 29.3 Å². The molecule has 0 atom stereocenters. The highest BCUT2D eigenvalue weighted by molar-refractivity contribution is 14.0. The Morgan fingerprint density at radius 1 is 1.18 bits per heavy atom. The summed E-state index contributed by atoms with van der Waals surface area (Å²) in [6, 6.07) is 8.08. The van der Waals surface area contributed by atoms with Crippen LogP contribution in [0.1, 0.15) is 26.3 Å². The molecular formula is C16H28IN3O2. The van der Waals surface area contributed by atoms with Gasteiger partial charge in [0.15, 0.2) is 5.96 Å². The summed E-state index contributed by atoms with van der Waals surface area (Å²) in [4.78, 5) is 4.17. The van der Waals surface area contributed by atoms with Crippen molar-refractivity contribution in [2.75, 3.05) is 26.8 Å². The lowest BCUT2D eigenvalue weighted by molar-refractivity contribution is 0.152. The van der Waals surface area contributed by atoms with Gasteiger partial charge in [-0.05, 0) is 38.5 Å². The van der Waals surface area contributed by atoms with Crippen molar-refractivity contribution in [3.63, 3.8) is 0 Å². The topological polar surface area (TPSA) is 54.9 Å². The number of nitrogens with one attached hydrogen (secondary N) is 2. The van der Waals surface area contributed by atoms with Crippen LogP contribution in [0.2, 0.25) is 0 Å². The maximum atomic E-state index is 5.62. The zero-order chi connectivity index (χ0) is 15.5. The summed E-state index contributed by atoms with van der Waals surface area (Å²) in [5.74, 6) is 1.67. The van der Waals surface area contributed by atoms with E-state index in [1.54, 1.807) is 7.05 Å². The van der Waals surface area contributed by atoms with E-state index in [1.165, 1.54) is 5.56 Å². The Hall–Kier alpha value is -1.02. The summed E-state index contributed by atoms with van der Waals surface area (Å²) >= 11 is 0. The fourth-order valence-electron chi connectivity index (χ4n) is 1.75. The molecule has 126 valence electrons. The number of hydrogen-bond acceptors (Lipinski definition) is 3. The van der Waals surface area contributed by atoms with E-state index in [-0.39, 0.29) is 30.1 Å². The van der Waals surface area contributed by atoms with E-state index in [4.69, 9.17) is 9.47 Å². The number of nitrogens with zero attached hydrogens (tertiary/aromatic N) is 1. The van der Waals surface area contributed by atoms with Gasteiger partial charge in [0.1, 0.15) is 5.75 Å². The van der Waals surface area contributed by atoms with Crippen LogP contribution >= 0.6 is 24.0 Å². The lowest BCUT2D eigenvalue weighted by Crippen LogP contribution is -2.38. The van der Waals surface area contributed by atoms with Gasteiger partial charge >= 0.3 is 0 Å². The van der Waals surface area contributed by atoms with E-state index >= 15 is 0 Å². The van der Waals surface area contributed by atoms with Gasteiger partial charge in [0, 0.05) is 26.7 Å². The maximum Gasteiger partial charge on any atom is 0.191 e. The smallest absolute Gasteiger partial charge is 0.191 e. The van der Waals surface area contributed by atoms with Crippen molar-refractivity contribution >= 4 is 29.9 Å². The molecule has 1 aromatic carbocycles. The van der Waals surface area contributed by atoms with Crippen molar-refractivity contribution in [2.24, 2.45) is 4.99 Å². The van der Waals surface area contributed by atoms with Gasteiger partial charge in [0.2, 0.25) is 0 Å². The molecule has 0 saturated carbocycles. The number of hydrogen-bond donors (Lipinski definition) is 2. The highest BCUT2D eigenvalue weighted by atomic mass is 127.